The minimum absolute atomic E-state index is 0. The molecule has 27 heavy (non-hydrogen) atoms. The van der Waals surface area contributed by atoms with Crippen LogP contribution in [-0.2, 0) is 0 Å². The van der Waals surface area contributed by atoms with E-state index in [1.54, 1.807) is 29.5 Å². The highest BCUT2D eigenvalue weighted by Crippen LogP contribution is 2.37. The van der Waals surface area contributed by atoms with Gasteiger partial charge in [-0.1, -0.05) is 34.1 Å². The van der Waals surface area contributed by atoms with Gasteiger partial charge in [-0.3, -0.25) is 0 Å². The van der Waals surface area contributed by atoms with Gasteiger partial charge in [-0.2, -0.15) is 0 Å². The molecule has 136 valence electrons. The second-order valence-corrected chi connectivity index (χ2v) is 7.34. The van der Waals surface area contributed by atoms with Crippen LogP contribution in [0.1, 0.15) is 10.4 Å². The number of carbonyl (C=O) groups is 1. The highest BCUT2D eigenvalue weighted by atomic mass is 79.9. The van der Waals surface area contributed by atoms with E-state index in [-0.39, 0.29) is 18.0 Å². The standard InChI is InChI=1S/C19H12BrN3O2S.ClH/c20-13-6-4-11(5-7-13)15-9-26-18-16(15)17(21-10-22-18)23-14-3-1-2-12(8-14)19(24)25;/h1-10H,(H,24,25)(H,21,22,23);1H. The Morgan fingerprint density at radius 3 is 2.63 bits per heavy atom. The number of halogens is 2. The Hall–Kier alpha value is -2.48. The van der Waals surface area contributed by atoms with Crippen molar-refractivity contribution in [2.75, 3.05) is 5.32 Å². The van der Waals surface area contributed by atoms with Crippen molar-refractivity contribution in [1.29, 1.82) is 0 Å². The maximum Gasteiger partial charge on any atom is 0.335 e. The number of anilines is 2. The van der Waals surface area contributed by atoms with Crippen LogP contribution in [0.15, 0.2) is 64.7 Å². The van der Waals surface area contributed by atoms with Crippen molar-refractivity contribution in [3.63, 3.8) is 0 Å². The zero-order valence-electron chi connectivity index (χ0n) is 13.7. The van der Waals surface area contributed by atoms with Crippen LogP contribution in [0.5, 0.6) is 0 Å². The smallest absolute Gasteiger partial charge is 0.335 e. The summed E-state index contributed by atoms with van der Waals surface area (Å²) in [6.07, 6.45) is 1.51. The zero-order chi connectivity index (χ0) is 18.1. The molecule has 0 radical (unpaired) electrons. The van der Waals surface area contributed by atoms with Crippen molar-refractivity contribution in [1.82, 2.24) is 9.97 Å². The lowest BCUT2D eigenvalue weighted by Crippen LogP contribution is -1.99. The Kier molecular flexibility index (Phi) is 5.74. The summed E-state index contributed by atoms with van der Waals surface area (Å²) in [5.41, 5.74) is 2.99. The molecule has 5 nitrogen and oxygen atoms in total. The second-order valence-electron chi connectivity index (χ2n) is 5.57. The number of aromatic carboxylic acids is 1. The van der Waals surface area contributed by atoms with E-state index in [2.05, 4.69) is 36.6 Å². The van der Waals surface area contributed by atoms with Crippen molar-refractivity contribution in [3.8, 4) is 11.1 Å². The number of fused-ring (bicyclic) bond motifs is 1. The van der Waals surface area contributed by atoms with E-state index in [4.69, 9.17) is 0 Å². The molecule has 0 atom stereocenters. The molecule has 0 aliphatic rings. The number of nitrogens with one attached hydrogen (secondary N) is 1. The predicted molar refractivity (Wildman–Crippen MR) is 114 cm³/mol. The molecule has 0 aliphatic carbocycles. The molecule has 0 bridgehead atoms. The highest BCUT2D eigenvalue weighted by Gasteiger charge is 2.14. The summed E-state index contributed by atoms with van der Waals surface area (Å²) < 4.78 is 1.01. The Balaban J connectivity index is 0.00000210. The molecule has 2 N–H and O–H groups in total. The first kappa shape index (κ1) is 19.3. The minimum Gasteiger partial charge on any atom is -0.478 e. The number of carboxylic acids is 1. The molecule has 8 heteroatoms. The minimum atomic E-state index is -0.965. The normalized spacial score (nSPS) is 10.4. The Labute approximate surface area is 173 Å². The van der Waals surface area contributed by atoms with E-state index in [1.807, 2.05) is 30.3 Å². The fourth-order valence-corrected chi connectivity index (χ4v) is 3.86. The Bertz CT molecular complexity index is 1120. The zero-order valence-corrected chi connectivity index (χ0v) is 16.9. The SMILES string of the molecule is Cl.O=C(O)c1cccc(Nc2ncnc3scc(-c4ccc(Br)cc4)c23)c1. The summed E-state index contributed by atoms with van der Waals surface area (Å²) in [6, 6.07) is 14.7. The number of rotatable bonds is 4. The van der Waals surface area contributed by atoms with Gasteiger partial charge in [-0.15, -0.1) is 23.7 Å². The number of thiophene rings is 1. The molecule has 0 unspecified atom stereocenters. The average molecular weight is 463 g/mol. The topological polar surface area (TPSA) is 75.1 Å². The molecule has 0 saturated carbocycles. The summed E-state index contributed by atoms with van der Waals surface area (Å²) in [6.45, 7) is 0. The molecule has 4 rings (SSSR count). The quantitative estimate of drug-likeness (QED) is 0.390. The molecule has 0 fully saturated rings. The van der Waals surface area contributed by atoms with Crippen LogP contribution in [0.4, 0.5) is 11.5 Å². The number of aromatic nitrogens is 2. The predicted octanol–water partition coefficient (Wildman–Crippen LogP) is 5.98. The van der Waals surface area contributed by atoms with Gasteiger partial charge < -0.3 is 10.4 Å². The third kappa shape index (κ3) is 3.95. The van der Waals surface area contributed by atoms with Crippen LogP contribution in [0.25, 0.3) is 21.3 Å². The van der Waals surface area contributed by atoms with Gasteiger partial charge in [-0.05, 0) is 35.9 Å². The first-order valence-corrected chi connectivity index (χ1v) is 9.37. The number of hydrogen-bond acceptors (Lipinski definition) is 5. The lowest BCUT2D eigenvalue weighted by molar-refractivity contribution is 0.0697. The number of nitrogens with zero attached hydrogens (tertiary/aromatic N) is 2. The summed E-state index contributed by atoms with van der Waals surface area (Å²) in [5, 5.41) is 15.4. The molecule has 0 saturated heterocycles. The largest absolute Gasteiger partial charge is 0.478 e. The van der Waals surface area contributed by atoms with Gasteiger partial charge in [0.05, 0.1) is 10.9 Å². The van der Waals surface area contributed by atoms with Gasteiger partial charge >= 0.3 is 5.97 Å². The van der Waals surface area contributed by atoms with Crippen molar-refractivity contribution < 1.29 is 9.90 Å². The molecule has 2 heterocycles. The summed E-state index contributed by atoms with van der Waals surface area (Å²) >= 11 is 5.00. The highest BCUT2D eigenvalue weighted by molar-refractivity contribution is 9.10. The monoisotopic (exact) mass is 461 g/mol. The lowest BCUT2D eigenvalue weighted by atomic mass is 10.1. The van der Waals surface area contributed by atoms with E-state index in [0.717, 1.165) is 25.8 Å². The van der Waals surface area contributed by atoms with Gasteiger partial charge in [0, 0.05) is 21.1 Å². The fraction of sp³-hybridized carbons (Fsp3) is 0. The molecule has 2 aromatic heterocycles. The fourth-order valence-electron chi connectivity index (χ4n) is 2.68. The van der Waals surface area contributed by atoms with Gasteiger partial charge in [0.2, 0.25) is 0 Å². The maximum atomic E-state index is 11.2. The van der Waals surface area contributed by atoms with E-state index < -0.39 is 5.97 Å². The summed E-state index contributed by atoms with van der Waals surface area (Å²) in [7, 11) is 0. The molecule has 4 aromatic rings. The molecule has 0 aliphatic heterocycles. The van der Waals surface area contributed by atoms with Crippen molar-refractivity contribution >= 4 is 67.4 Å². The first-order chi connectivity index (χ1) is 12.6. The first-order valence-electron chi connectivity index (χ1n) is 7.70. The summed E-state index contributed by atoms with van der Waals surface area (Å²) in [5.74, 6) is -0.315. The second kappa shape index (κ2) is 8.04. The van der Waals surface area contributed by atoms with E-state index >= 15 is 0 Å². The number of benzene rings is 2. The van der Waals surface area contributed by atoms with Gasteiger partial charge in [0.1, 0.15) is 17.0 Å². The molecule has 2 aromatic carbocycles. The van der Waals surface area contributed by atoms with Crippen molar-refractivity contribution in [3.05, 3.63) is 70.3 Å². The van der Waals surface area contributed by atoms with Crippen molar-refractivity contribution in [2.24, 2.45) is 0 Å². The number of hydrogen-bond donors (Lipinski definition) is 2. The van der Waals surface area contributed by atoms with Crippen LogP contribution in [0.3, 0.4) is 0 Å². The molecular formula is C19H13BrClN3O2S. The third-order valence-electron chi connectivity index (χ3n) is 3.90. The Morgan fingerprint density at radius 2 is 1.89 bits per heavy atom. The van der Waals surface area contributed by atoms with Crippen LogP contribution in [-0.4, -0.2) is 21.0 Å². The van der Waals surface area contributed by atoms with E-state index in [0.29, 0.717) is 11.5 Å². The van der Waals surface area contributed by atoms with Crippen LogP contribution < -0.4 is 5.32 Å². The van der Waals surface area contributed by atoms with Crippen LogP contribution in [0.2, 0.25) is 0 Å². The van der Waals surface area contributed by atoms with E-state index in [9.17, 15) is 9.90 Å². The van der Waals surface area contributed by atoms with Crippen LogP contribution in [0, 0.1) is 0 Å². The lowest BCUT2D eigenvalue weighted by Gasteiger charge is -2.09. The maximum absolute atomic E-state index is 11.2. The molecule has 0 spiro atoms. The van der Waals surface area contributed by atoms with Crippen LogP contribution >= 0.6 is 39.7 Å². The molecular weight excluding hydrogens is 450 g/mol. The molecule has 0 amide bonds. The van der Waals surface area contributed by atoms with Gasteiger partial charge in [-0.25, -0.2) is 14.8 Å². The number of carboxylic acid groups (broad SMARTS) is 1. The van der Waals surface area contributed by atoms with Gasteiger partial charge in [0.15, 0.2) is 0 Å². The van der Waals surface area contributed by atoms with E-state index in [1.165, 1.54) is 6.33 Å². The van der Waals surface area contributed by atoms with Gasteiger partial charge in [0.25, 0.3) is 0 Å². The average Bonchev–Trinajstić information content (AvgIpc) is 3.08. The third-order valence-corrected chi connectivity index (χ3v) is 5.31. The van der Waals surface area contributed by atoms with Crippen molar-refractivity contribution in [2.45, 2.75) is 0 Å². The summed E-state index contributed by atoms with van der Waals surface area (Å²) in [4.78, 5) is 20.8. The Morgan fingerprint density at radius 1 is 1.11 bits per heavy atom.